The van der Waals surface area contributed by atoms with E-state index >= 15 is 0 Å². The maximum absolute atomic E-state index is 12.0. The molecule has 25 heavy (non-hydrogen) atoms. The van der Waals surface area contributed by atoms with E-state index in [0.717, 1.165) is 11.1 Å². The molecule has 2 rings (SSSR count). The summed E-state index contributed by atoms with van der Waals surface area (Å²) >= 11 is 0. The Labute approximate surface area is 147 Å². The second-order valence-corrected chi connectivity index (χ2v) is 7.07. The lowest BCUT2D eigenvalue weighted by Gasteiger charge is -2.07. The maximum Gasteiger partial charge on any atom is 0.335 e. The molecule has 0 heterocycles. The SMILES string of the molecule is Cc1ccc(S(=O)(=O)OCCOCCc2ccc(C(=O)O)cc2)cc1. The van der Waals surface area contributed by atoms with Crippen molar-refractivity contribution in [3.8, 4) is 0 Å². The van der Waals surface area contributed by atoms with Gasteiger partial charge in [0.2, 0.25) is 0 Å². The van der Waals surface area contributed by atoms with Crippen LogP contribution in [-0.4, -0.2) is 39.3 Å². The monoisotopic (exact) mass is 364 g/mol. The van der Waals surface area contributed by atoms with E-state index in [4.69, 9.17) is 14.0 Å². The van der Waals surface area contributed by atoms with E-state index in [2.05, 4.69) is 0 Å². The van der Waals surface area contributed by atoms with Crippen LogP contribution in [0.4, 0.5) is 0 Å². The molecule has 0 saturated heterocycles. The standard InChI is InChI=1S/C18H20O6S/c1-14-2-8-17(9-3-14)25(21,22)24-13-12-23-11-10-15-4-6-16(7-5-15)18(19)20/h2-9H,10-13H2,1H3,(H,19,20). The Hall–Kier alpha value is -2.22. The van der Waals surface area contributed by atoms with Crippen LogP contribution in [0.1, 0.15) is 21.5 Å². The zero-order chi connectivity index (χ0) is 18.3. The summed E-state index contributed by atoms with van der Waals surface area (Å²) < 4.78 is 34.2. The molecule has 0 aromatic heterocycles. The van der Waals surface area contributed by atoms with Gasteiger partial charge in [0.15, 0.2) is 0 Å². The Bertz CT molecular complexity index is 794. The van der Waals surface area contributed by atoms with Gasteiger partial charge in [-0.2, -0.15) is 8.42 Å². The second-order valence-electron chi connectivity index (χ2n) is 5.45. The Balaban J connectivity index is 1.69. The van der Waals surface area contributed by atoms with Crippen molar-refractivity contribution in [2.75, 3.05) is 19.8 Å². The molecule has 0 aliphatic carbocycles. The number of rotatable bonds is 9. The molecule has 0 amide bonds. The van der Waals surface area contributed by atoms with Crippen LogP contribution in [0.5, 0.6) is 0 Å². The third kappa shape index (κ3) is 5.97. The van der Waals surface area contributed by atoms with E-state index in [1.807, 2.05) is 6.92 Å². The van der Waals surface area contributed by atoms with E-state index < -0.39 is 16.1 Å². The first kappa shape index (κ1) is 19.1. The lowest BCUT2D eigenvalue weighted by atomic mass is 10.1. The van der Waals surface area contributed by atoms with Crippen LogP contribution in [0.3, 0.4) is 0 Å². The van der Waals surface area contributed by atoms with Crippen molar-refractivity contribution < 1.29 is 27.2 Å². The number of ether oxygens (including phenoxy) is 1. The Morgan fingerprint density at radius 1 is 0.960 bits per heavy atom. The van der Waals surface area contributed by atoms with Gasteiger partial charge in [-0.25, -0.2) is 4.79 Å². The molecule has 0 bridgehead atoms. The van der Waals surface area contributed by atoms with Crippen LogP contribution in [0, 0.1) is 6.92 Å². The van der Waals surface area contributed by atoms with E-state index in [9.17, 15) is 13.2 Å². The van der Waals surface area contributed by atoms with Gasteiger partial charge in [-0.05, 0) is 43.2 Å². The molecule has 0 saturated carbocycles. The number of benzene rings is 2. The van der Waals surface area contributed by atoms with Crippen LogP contribution in [0.15, 0.2) is 53.4 Å². The normalized spacial score (nSPS) is 11.4. The average molecular weight is 364 g/mol. The number of hydrogen-bond donors (Lipinski definition) is 1. The van der Waals surface area contributed by atoms with Crippen molar-refractivity contribution in [2.45, 2.75) is 18.2 Å². The first-order valence-electron chi connectivity index (χ1n) is 7.74. The Kier molecular flexibility index (Phi) is 6.69. The quantitative estimate of drug-likeness (QED) is 0.543. The molecular formula is C18H20O6S. The van der Waals surface area contributed by atoms with Gasteiger partial charge in [-0.1, -0.05) is 29.8 Å². The number of hydrogen-bond acceptors (Lipinski definition) is 5. The molecule has 1 N–H and O–H groups in total. The highest BCUT2D eigenvalue weighted by Gasteiger charge is 2.14. The van der Waals surface area contributed by atoms with E-state index in [1.165, 1.54) is 24.3 Å². The maximum atomic E-state index is 12.0. The molecule has 134 valence electrons. The van der Waals surface area contributed by atoms with Crippen molar-refractivity contribution in [1.29, 1.82) is 0 Å². The topological polar surface area (TPSA) is 89.9 Å². The summed E-state index contributed by atoms with van der Waals surface area (Å²) in [7, 11) is -3.76. The fraction of sp³-hybridized carbons (Fsp3) is 0.278. The molecule has 2 aromatic rings. The first-order chi connectivity index (χ1) is 11.9. The lowest BCUT2D eigenvalue weighted by Crippen LogP contribution is -2.12. The average Bonchev–Trinajstić information content (AvgIpc) is 2.58. The summed E-state index contributed by atoms with van der Waals surface area (Å²) in [6, 6.07) is 13.0. The van der Waals surface area contributed by atoms with Crippen LogP contribution >= 0.6 is 0 Å². The molecule has 2 aromatic carbocycles. The van der Waals surface area contributed by atoms with Crippen LogP contribution in [0.2, 0.25) is 0 Å². The summed E-state index contributed by atoms with van der Waals surface area (Å²) in [6.45, 7) is 2.35. The lowest BCUT2D eigenvalue weighted by molar-refractivity contribution is 0.0697. The number of aryl methyl sites for hydroxylation is 1. The molecular weight excluding hydrogens is 344 g/mol. The largest absolute Gasteiger partial charge is 0.478 e. The zero-order valence-corrected chi connectivity index (χ0v) is 14.7. The van der Waals surface area contributed by atoms with Crippen molar-refractivity contribution in [3.63, 3.8) is 0 Å². The molecule has 0 fully saturated rings. The fourth-order valence-electron chi connectivity index (χ4n) is 2.08. The molecule has 0 aliphatic heterocycles. The van der Waals surface area contributed by atoms with Crippen LogP contribution in [0.25, 0.3) is 0 Å². The number of aromatic carboxylic acids is 1. The predicted molar refractivity (Wildman–Crippen MR) is 92.2 cm³/mol. The molecule has 6 nitrogen and oxygen atoms in total. The molecule has 0 aliphatic rings. The summed E-state index contributed by atoms with van der Waals surface area (Å²) in [4.78, 5) is 10.9. The Morgan fingerprint density at radius 3 is 2.20 bits per heavy atom. The summed E-state index contributed by atoms with van der Waals surface area (Å²) in [5, 5.41) is 8.82. The smallest absolute Gasteiger partial charge is 0.335 e. The van der Waals surface area contributed by atoms with Gasteiger partial charge < -0.3 is 9.84 Å². The van der Waals surface area contributed by atoms with Gasteiger partial charge >= 0.3 is 5.97 Å². The minimum atomic E-state index is -3.76. The van der Waals surface area contributed by atoms with Crippen molar-refractivity contribution >= 4 is 16.1 Å². The minimum absolute atomic E-state index is 0.0613. The van der Waals surface area contributed by atoms with E-state index in [-0.39, 0.29) is 23.7 Å². The fourth-order valence-corrected chi connectivity index (χ4v) is 2.97. The van der Waals surface area contributed by atoms with Gasteiger partial charge in [0, 0.05) is 0 Å². The third-order valence-corrected chi connectivity index (χ3v) is 4.84. The number of carbonyl (C=O) groups is 1. The van der Waals surface area contributed by atoms with Crippen molar-refractivity contribution in [2.24, 2.45) is 0 Å². The molecule has 0 atom stereocenters. The van der Waals surface area contributed by atoms with Crippen LogP contribution < -0.4 is 0 Å². The van der Waals surface area contributed by atoms with E-state index in [1.54, 1.807) is 24.3 Å². The first-order valence-corrected chi connectivity index (χ1v) is 9.15. The molecule has 0 spiro atoms. The van der Waals surface area contributed by atoms with Gasteiger partial charge in [-0.15, -0.1) is 0 Å². The third-order valence-electron chi connectivity index (χ3n) is 3.51. The number of carboxylic acid groups (broad SMARTS) is 1. The highest BCUT2D eigenvalue weighted by molar-refractivity contribution is 7.86. The summed E-state index contributed by atoms with van der Waals surface area (Å²) in [5.74, 6) is -0.963. The van der Waals surface area contributed by atoms with E-state index in [0.29, 0.717) is 13.0 Å². The summed E-state index contributed by atoms with van der Waals surface area (Å²) in [6.07, 6.45) is 0.602. The highest BCUT2D eigenvalue weighted by Crippen LogP contribution is 2.13. The van der Waals surface area contributed by atoms with Crippen molar-refractivity contribution in [3.05, 3.63) is 65.2 Å². The minimum Gasteiger partial charge on any atom is -0.478 e. The molecule has 7 heteroatoms. The van der Waals surface area contributed by atoms with Crippen molar-refractivity contribution in [1.82, 2.24) is 0 Å². The van der Waals surface area contributed by atoms with Gasteiger partial charge in [0.1, 0.15) is 0 Å². The summed E-state index contributed by atoms with van der Waals surface area (Å²) in [5.41, 5.74) is 2.15. The molecule has 0 unspecified atom stereocenters. The van der Waals surface area contributed by atoms with Crippen LogP contribution in [-0.2, 0) is 25.5 Å². The van der Waals surface area contributed by atoms with Gasteiger partial charge in [0.25, 0.3) is 10.1 Å². The molecule has 0 radical (unpaired) electrons. The van der Waals surface area contributed by atoms with Gasteiger partial charge in [0.05, 0.1) is 30.3 Å². The number of carboxylic acids is 1. The predicted octanol–water partition coefficient (Wildman–Crippen LogP) is 2.66. The zero-order valence-electron chi connectivity index (χ0n) is 13.8. The van der Waals surface area contributed by atoms with Gasteiger partial charge in [-0.3, -0.25) is 4.18 Å². The Morgan fingerprint density at radius 2 is 1.60 bits per heavy atom. The highest BCUT2D eigenvalue weighted by atomic mass is 32.2. The second kappa shape index (κ2) is 8.75.